The van der Waals surface area contributed by atoms with Gasteiger partial charge in [0.15, 0.2) is 0 Å². The van der Waals surface area contributed by atoms with Gasteiger partial charge in [-0.3, -0.25) is 0 Å². The summed E-state index contributed by atoms with van der Waals surface area (Å²) < 4.78 is 11.0. The van der Waals surface area contributed by atoms with Crippen LogP contribution >= 0.6 is 0 Å². The second-order valence-corrected chi connectivity index (χ2v) is 3.78. The van der Waals surface area contributed by atoms with Gasteiger partial charge in [-0.1, -0.05) is 6.92 Å². The molecular weight excluding hydrogens is 178 g/mol. The summed E-state index contributed by atoms with van der Waals surface area (Å²) in [6.45, 7) is 4.58. The molecule has 0 spiro atoms. The lowest BCUT2D eigenvalue weighted by Gasteiger charge is -2.23. The van der Waals surface area contributed by atoms with Gasteiger partial charge in [0.25, 0.3) is 0 Å². The summed E-state index contributed by atoms with van der Waals surface area (Å²) in [4.78, 5) is 0. The third kappa shape index (κ3) is 4.08. The number of ether oxygens (including phenoxy) is 2. The predicted molar refractivity (Wildman–Crippen MR) is 53.8 cm³/mol. The lowest BCUT2D eigenvalue weighted by atomic mass is 10.0. The van der Waals surface area contributed by atoms with Gasteiger partial charge in [-0.25, -0.2) is 0 Å². The van der Waals surface area contributed by atoms with Crippen molar-refractivity contribution in [3.63, 3.8) is 0 Å². The summed E-state index contributed by atoms with van der Waals surface area (Å²) in [5.74, 6) is 0.636. The van der Waals surface area contributed by atoms with Crippen molar-refractivity contribution in [3.8, 4) is 6.07 Å². The van der Waals surface area contributed by atoms with Crippen molar-refractivity contribution in [3.05, 3.63) is 0 Å². The predicted octanol–water partition coefficient (Wildman–Crippen LogP) is 2.12. The minimum Gasteiger partial charge on any atom is -0.381 e. The van der Waals surface area contributed by atoms with Gasteiger partial charge in [0.1, 0.15) is 0 Å². The van der Waals surface area contributed by atoms with Crippen LogP contribution in [0.25, 0.3) is 0 Å². The van der Waals surface area contributed by atoms with Crippen LogP contribution in [0.3, 0.4) is 0 Å². The summed E-state index contributed by atoms with van der Waals surface area (Å²) in [6, 6.07) is 2.16. The molecule has 1 fully saturated rings. The number of nitrogens with zero attached hydrogens (tertiary/aromatic N) is 1. The Morgan fingerprint density at radius 2 is 2.21 bits per heavy atom. The molecule has 0 aromatic rings. The zero-order chi connectivity index (χ0) is 10.2. The zero-order valence-electron chi connectivity index (χ0n) is 8.87. The molecule has 1 aliphatic rings. The van der Waals surface area contributed by atoms with Crippen molar-refractivity contribution in [2.75, 3.05) is 19.8 Å². The molecule has 3 nitrogen and oxygen atoms in total. The molecule has 0 bridgehead atoms. The summed E-state index contributed by atoms with van der Waals surface area (Å²) >= 11 is 0. The van der Waals surface area contributed by atoms with Crippen LogP contribution in [0.15, 0.2) is 0 Å². The molecule has 1 rings (SSSR count). The number of rotatable bonds is 5. The van der Waals surface area contributed by atoms with E-state index in [1.165, 1.54) is 0 Å². The van der Waals surface area contributed by atoms with Crippen LogP contribution in [0.4, 0.5) is 0 Å². The summed E-state index contributed by atoms with van der Waals surface area (Å²) in [5.41, 5.74) is 0. The van der Waals surface area contributed by atoms with E-state index >= 15 is 0 Å². The molecule has 0 saturated carbocycles. The minimum atomic E-state index is 0.128. The second kappa shape index (κ2) is 6.80. The molecule has 0 aromatic carbocycles. The minimum absolute atomic E-state index is 0.128. The Labute approximate surface area is 86.0 Å². The second-order valence-electron chi connectivity index (χ2n) is 3.78. The van der Waals surface area contributed by atoms with Crippen LogP contribution in [0, 0.1) is 17.2 Å². The van der Waals surface area contributed by atoms with Crippen LogP contribution in [0.2, 0.25) is 0 Å². The summed E-state index contributed by atoms with van der Waals surface area (Å²) in [7, 11) is 0. The van der Waals surface area contributed by atoms with Gasteiger partial charge in [-0.05, 0) is 25.2 Å². The molecule has 1 aliphatic heterocycles. The van der Waals surface area contributed by atoms with E-state index in [9.17, 15) is 0 Å². The van der Waals surface area contributed by atoms with E-state index in [0.29, 0.717) is 12.3 Å². The molecule has 0 N–H and O–H groups in total. The Morgan fingerprint density at radius 3 is 2.79 bits per heavy atom. The van der Waals surface area contributed by atoms with Gasteiger partial charge < -0.3 is 9.47 Å². The van der Waals surface area contributed by atoms with Gasteiger partial charge in [-0.2, -0.15) is 5.26 Å². The smallest absolute Gasteiger partial charge is 0.0702 e. The maximum absolute atomic E-state index is 8.55. The highest BCUT2D eigenvalue weighted by Gasteiger charge is 2.15. The third-order valence-electron chi connectivity index (χ3n) is 2.68. The molecule has 80 valence electrons. The number of nitriles is 1. The van der Waals surface area contributed by atoms with Gasteiger partial charge >= 0.3 is 0 Å². The fourth-order valence-corrected chi connectivity index (χ4v) is 1.61. The van der Waals surface area contributed by atoms with Crippen molar-refractivity contribution in [1.82, 2.24) is 0 Å². The van der Waals surface area contributed by atoms with Crippen LogP contribution in [0.1, 0.15) is 32.6 Å². The highest BCUT2D eigenvalue weighted by Crippen LogP contribution is 2.16. The lowest BCUT2D eigenvalue weighted by molar-refractivity contribution is -0.0103. The first-order valence-electron chi connectivity index (χ1n) is 5.43. The third-order valence-corrected chi connectivity index (χ3v) is 2.68. The maximum atomic E-state index is 8.55. The average molecular weight is 197 g/mol. The first-order chi connectivity index (χ1) is 6.86. The van der Waals surface area contributed by atoms with Gasteiger partial charge in [-0.15, -0.1) is 0 Å². The topological polar surface area (TPSA) is 42.2 Å². The molecule has 1 atom stereocenters. The Morgan fingerprint density at radius 1 is 1.50 bits per heavy atom. The van der Waals surface area contributed by atoms with E-state index in [2.05, 4.69) is 13.0 Å². The first kappa shape index (κ1) is 11.5. The molecule has 0 amide bonds. The Balaban J connectivity index is 2.14. The molecule has 14 heavy (non-hydrogen) atoms. The normalized spacial score (nSPS) is 20.3. The van der Waals surface area contributed by atoms with E-state index in [1.54, 1.807) is 0 Å². The number of hydrogen-bond acceptors (Lipinski definition) is 3. The molecule has 3 heteroatoms. The first-order valence-corrected chi connectivity index (χ1v) is 5.43. The number of hydrogen-bond donors (Lipinski definition) is 0. The van der Waals surface area contributed by atoms with Crippen molar-refractivity contribution in [1.29, 1.82) is 5.26 Å². The molecule has 0 aromatic heterocycles. The molecule has 0 radical (unpaired) electrons. The molecule has 1 heterocycles. The standard InChI is InChI=1S/C11H19NO2/c1-2-11(3-6-12)14-9-10-4-7-13-8-5-10/h10-11H,2-5,7-9H2,1H3. The molecule has 1 unspecified atom stereocenters. The van der Waals surface area contributed by atoms with Gasteiger partial charge in [0, 0.05) is 19.8 Å². The fourth-order valence-electron chi connectivity index (χ4n) is 1.61. The summed E-state index contributed by atoms with van der Waals surface area (Å²) in [6.07, 6.45) is 3.77. The van der Waals surface area contributed by atoms with Gasteiger partial charge in [0.05, 0.1) is 18.6 Å². The van der Waals surface area contributed by atoms with E-state index in [4.69, 9.17) is 14.7 Å². The monoisotopic (exact) mass is 197 g/mol. The highest BCUT2D eigenvalue weighted by atomic mass is 16.5. The van der Waals surface area contributed by atoms with E-state index in [-0.39, 0.29) is 6.10 Å². The largest absolute Gasteiger partial charge is 0.381 e. The highest BCUT2D eigenvalue weighted by molar-refractivity contribution is 4.76. The zero-order valence-corrected chi connectivity index (χ0v) is 8.87. The molecule has 0 aliphatic carbocycles. The maximum Gasteiger partial charge on any atom is 0.0702 e. The van der Waals surface area contributed by atoms with Crippen molar-refractivity contribution < 1.29 is 9.47 Å². The van der Waals surface area contributed by atoms with Crippen molar-refractivity contribution in [2.45, 2.75) is 38.7 Å². The van der Waals surface area contributed by atoms with Crippen LogP contribution in [-0.2, 0) is 9.47 Å². The fraction of sp³-hybridized carbons (Fsp3) is 0.909. The summed E-state index contributed by atoms with van der Waals surface area (Å²) in [5, 5.41) is 8.55. The lowest BCUT2D eigenvalue weighted by Crippen LogP contribution is -2.23. The SMILES string of the molecule is CCC(CC#N)OCC1CCOCC1. The molecule has 1 saturated heterocycles. The van der Waals surface area contributed by atoms with Gasteiger partial charge in [0.2, 0.25) is 0 Å². The average Bonchev–Trinajstić information content (AvgIpc) is 2.25. The Kier molecular flexibility index (Phi) is 5.58. The van der Waals surface area contributed by atoms with Crippen molar-refractivity contribution >= 4 is 0 Å². The van der Waals surface area contributed by atoms with E-state index < -0.39 is 0 Å². The van der Waals surface area contributed by atoms with Crippen LogP contribution in [0.5, 0.6) is 0 Å². The van der Waals surface area contributed by atoms with E-state index in [1.807, 2.05) is 0 Å². The van der Waals surface area contributed by atoms with Crippen molar-refractivity contribution in [2.24, 2.45) is 5.92 Å². The quantitative estimate of drug-likeness (QED) is 0.678. The Hall–Kier alpha value is -0.590. The van der Waals surface area contributed by atoms with Crippen LogP contribution in [-0.4, -0.2) is 25.9 Å². The Bertz CT molecular complexity index is 182. The molecular formula is C11H19NO2. The van der Waals surface area contributed by atoms with E-state index in [0.717, 1.165) is 39.1 Å². The van der Waals surface area contributed by atoms with Crippen LogP contribution < -0.4 is 0 Å².